The molecule has 0 radical (unpaired) electrons. The van der Waals surface area contributed by atoms with Gasteiger partial charge in [0.1, 0.15) is 0 Å². The van der Waals surface area contributed by atoms with Crippen LogP contribution in [0.2, 0.25) is 0 Å². The summed E-state index contributed by atoms with van der Waals surface area (Å²) in [5.41, 5.74) is 5.05. The van der Waals surface area contributed by atoms with E-state index in [4.69, 9.17) is 0 Å². The Bertz CT molecular complexity index is 1250. The van der Waals surface area contributed by atoms with Crippen LogP contribution in [0.15, 0.2) is 36.4 Å². The molecule has 0 amide bonds. The molecule has 166 valence electrons. The highest BCUT2D eigenvalue weighted by Crippen LogP contribution is 2.43. The van der Waals surface area contributed by atoms with Crippen molar-refractivity contribution in [2.75, 3.05) is 18.0 Å². The van der Waals surface area contributed by atoms with E-state index in [1.165, 1.54) is 82.3 Å². The number of nitrogens with zero attached hydrogens (tertiary/aromatic N) is 1. The number of aryl methyl sites for hydroxylation is 2. The number of carbonyl (C=O) groups excluding carboxylic acids is 1. The van der Waals surface area contributed by atoms with E-state index in [9.17, 15) is 4.79 Å². The largest absolute Gasteiger partial charge is 0.371 e. The van der Waals surface area contributed by atoms with Gasteiger partial charge in [0.05, 0.1) is 0 Å². The Labute approximate surface area is 191 Å². The molecule has 1 fully saturated rings. The van der Waals surface area contributed by atoms with Gasteiger partial charge in [-0.1, -0.05) is 51.0 Å². The van der Waals surface area contributed by atoms with Gasteiger partial charge in [-0.2, -0.15) is 0 Å². The third-order valence-electron chi connectivity index (χ3n) is 7.50. The van der Waals surface area contributed by atoms with Crippen molar-refractivity contribution in [1.82, 2.24) is 0 Å². The first kappa shape index (κ1) is 21.2. The number of hydrogen-bond acceptors (Lipinski definition) is 2. The van der Waals surface area contributed by atoms with Gasteiger partial charge in [0.15, 0.2) is 6.29 Å². The van der Waals surface area contributed by atoms with Crippen molar-refractivity contribution in [2.24, 2.45) is 0 Å². The lowest BCUT2D eigenvalue weighted by Crippen LogP contribution is -2.29. The van der Waals surface area contributed by atoms with Crippen molar-refractivity contribution in [1.29, 1.82) is 0 Å². The lowest BCUT2D eigenvalue weighted by Gasteiger charge is -2.31. The third kappa shape index (κ3) is 3.54. The maximum Gasteiger partial charge on any atom is 0.150 e. The van der Waals surface area contributed by atoms with Crippen LogP contribution in [0.1, 0.15) is 80.3 Å². The second-order valence-corrected chi connectivity index (χ2v) is 9.62. The van der Waals surface area contributed by atoms with E-state index in [1.807, 2.05) is 0 Å². The molecule has 4 aromatic rings. The van der Waals surface area contributed by atoms with Crippen molar-refractivity contribution in [3.05, 3.63) is 53.1 Å². The zero-order valence-electron chi connectivity index (χ0n) is 19.7. The van der Waals surface area contributed by atoms with Crippen molar-refractivity contribution in [3.8, 4) is 0 Å². The van der Waals surface area contributed by atoms with E-state index >= 15 is 0 Å². The molecule has 0 spiro atoms. The van der Waals surface area contributed by atoms with Gasteiger partial charge < -0.3 is 4.90 Å². The summed E-state index contributed by atoms with van der Waals surface area (Å²) in [5.74, 6) is 0. The fourth-order valence-corrected chi connectivity index (χ4v) is 5.79. The Hall–Kier alpha value is -2.61. The summed E-state index contributed by atoms with van der Waals surface area (Å²) in [7, 11) is 0. The van der Waals surface area contributed by atoms with Gasteiger partial charge in [0, 0.05) is 29.7 Å². The van der Waals surface area contributed by atoms with Crippen LogP contribution in [-0.4, -0.2) is 19.4 Å². The number of anilines is 1. The van der Waals surface area contributed by atoms with Crippen LogP contribution in [0, 0.1) is 0 Å². The summed E-state index contributed by atoms with van der Waals surface area (Å²) in [6.07, 6.45) is 11.9. The molecule has 0 aromatic heterocycles. The molecule has 4 aromatic carbocycles. The van der Waals surface area contributed by atoms with Gasteiger partial charge in [-0.25, -0.2) is 0 Å². The minimum absolute atomic E-state index is 0.844. The van der Waals surface area contributed by atoms with E-state index in [0.29, 0.717) is 0 Å². The molecule has 0 unspecified atom stereocenters. The Balaban J connectivity index is 1.86. The maximum absolute atomic E-state index is 12.1. The number of aldehydes is 1. The second kappa shape index (κ2) is 9.10. The highest BCUT2D eigenvalue weighted by atomic mass is 16.1. The first-order valence-electron chi connectivity index (χ1n) is 12.7. The minimum atomic E-state index is 0.844. The molecule has 0 aliphatic carbocycles. The molecule has 0 atom stereocenters. The van der Waals surface area contributed by atoms with Gasteiger partial charge >= 0.3 is 0 Å². The average molecular weight is 426 g/mol. The van der Waals surface area contributed by atoms with Gasteiger partial charge in [-0.05, 0) is 95.1 Å². The molecular formula is C30H35NO. The van der Waals surface area contributed by atoms with Crippen molar-refractivity contribution < 1.29 is 4.79 Å². The lowest BCUT2D eigenvalue weighted by atomic mass is 9.85. The van der Waals surface area contributed by atoms with Gasteiger partial charge in [0.2, 0.25) is 0 Å². The van der Waals surface area contributed by atoms with Crippen LogP contribution in [0.25, 0.3) is 32.3 Å². The molecule has 1 saturated heterocycles. The quantitative estimate of drug-likeness (QED) is 0.210. The smallest absolute Gasteiger partial charge is 0.150 e. The van der Waals surface area contributed by atoms with Gasteiger partial charge in [0.25, 0.3) is 0 Å². The number of piperidine rings is 1. The van der Waals surface area contributed by atoms with E-state index in [-0.39, 0.29) is 0 Å². The van der Waals surface area contributed by atoms with E-state index in [1.54, 1.807) is 0 Å². The Morgan fingerprint density at radius 3 is 1.94 bits per heavy atom. The Morgan fingerprint density at radius 2 is 1.31 bits per heavy atom. The summed E-state index contributed by atoms with van der Waals surface area (Å²) in [6.45, 7) is 6.82. The third-order valence-corrected chi connectivity index (χ3v) is 7.50. The summed E-state index contributed by atoms with van der Waals surface area (Å²) in [5, 5.41) is 7.91. The molecule has 0 saturated carbocycles. The molecular weight excluding hydrogens is 390 g/mol. The zero-order valence-corrected chi connectivity index (χ0v) is 19.7. The molecule has 1 heterocycles. The average Bonchev–Trinajstić information content (AvgIpc) is 2.85. The lowest BCUT2D eigenvalue weighted by molar-refractivity contribution is 0.112. The summed E-state index contributed by atoms with van der Waals surface area (Å²) < 4.78 is 0. The van der Waals surface area contributed by atoms with Crippen molar-refractivity contribution >= 4 is 44.3 Å². The predicted octanol–water partition coefficient (Wildman–Crippen LogP) is 8.07. The molecule has 5 rings (SSSR count). The first-order chi connectivity index (χ1) is 15.8. The minimum Gasteiger partial charge on any atom is -0.371 e. The van der Waals surface area contributed by atoms with Crippen LogP contribution in [0.3, 0.4) is 0 Å². The molecule has 1 aliphatic heterocycles. The molecule has 2 heteroatoms. The molecule has 0 N–H and O–H groups in total. The SMILES string of the molecule is CCCCc1cc(C=O)c2ccc3c(CCCC)cc(N4CCCCC4)c4ccc1c2c34. The number of hydrogen-bond donors (Lipinski definition) is 0. The van der Waals surface area contributed by atoms with Crippen LogP contribution in [0.5, 0.6) is 0 Å². The number of unbranched alkanes of at least 4 members (excludes halogenated alkanes) is 2. The monoisotopic (exact) mass is 425 g/mol. The summed E-state index contributed by atoms with van der Waals surface area (Å²) in [6, 6.07) is 13.8. The molecule has 2 nitrogen and oxygen atoms in total. The molecule has 0 bridgehead atoms. The molecule has 32 heavy (non-hydrogen) atoms. The van der Waals surface area contributed by atoms with Gasteiger partial charge in [-0.3, -0.25) is 4.79 Å². The van der Waals surface area contributed by atoms with Gasteiger partial charge in [-0.15, -0.1) is 0 Å². The Kier molecular flexibility index (Phi) is 6.04. The standard InChI is InChI=1S/C30H35NO/c1-3-5-10-21-18-23(20-32)26-13-12-25-22(11-6-4-2)19-28(31-16-8-7-9-17-31)27-15-14-24(21)29(26)30(25)27/h12-15,18-20H,3-11,16-17H2,1-2H3. The van der Waals surface area contributed by atoms with Crippen LogP contribution in [-0.2, 0) is 12.8 Å². The Morgan fingerprint density at radius 1 is 0.750 bits per heavy atom. The van der Waals surface area contributed by atoms with Crippen LogP contribution >= 0.6 is 0 Å². The highest BCUT2D eigenvalue weighted by molar-refractivity contribution is 6.28. The zero-order chi connectivity index (χ0) is 22.1. The fourth-order valence-electron chi connectivity index (χ4n) is 5.79. The topological polar surface area (TPSA) is 20.3 Å². The fraction of sp³-hybridized carbons (Fsp3) is 0.433. The van der Waals surface area contributed by atoms with E-state index < -0.39 is 0 Å². The highest BCUT2D eigenvalue weighted by Gasteiger charge is 2.21. The molecule has 1 aliphatic rings. The number of benzene rings is 4. The van der Waals surface area contributed by atoms with Crippen molar-refractivity contribution in [3.63, 3.8) is 0 Å². The van der Waals surface area contributed by atoms with E-state index in [2.05, 4.69) is 55.1 Å². The maximum atomic E-state index is 12.1. The van der Waals surface area contributed by atoms with Crippen LogP contribution < -0.4 is 4.90 Å². The normalized spacial score (nSPS) is 14.8. The first-order valence-corrected chi connectivity index (χ1v) is 12.7. The predicted molar refractivity (Wildman–Crippen MR) is 139 cm³/mol. The van der Waals surface area contributed by atoms with Crippen LogP contribution in [0.4, 0.5) is 5.69 Å². The van der Waals surface area contributed by atoms with E-state index in [0.717, 1.165) is 49.6 Å². The summed E-state index contributed by atoms with van der Waals surface area (Å²) in [4.78, 5) is 14.7. The van der Waals surface area contributed by atoms with Crippen molar-refractivity contribution in [2.45, 2.75) is 71.6 Å². The number of carbonyl (C=O) groups is 1. The summed E-state index contributed by atoms with van der Waals surface area (Å²) >= 11 is 0. The second-order valence-electron chi connectivity index (χ2n) is 9.62. The number of rotatable bonds is 8.